The maximum absolute atomic E-state index is 4.50. The second-order valence-electron chi connectivity index (χ2n) is 6.30. The van der Waals surface area contributed by atoms with Crippen LogP contribution in [-0.2, 0) is 0 Å². The fourth-order valence-corrected chi connectivity index (χ4v) is 3.16. The molecule has 3 rings (SSSR count). The molecule has 1 aromatic carbocycles. The Bertz CT molecular complexity index is 545. The molecule has 0 unspecified atom stereocenters. The summed E-state index contributed by atoms with van der Waals surface area (Å²) in [5.74, 6) is 1.69. The molecule has 0 atom stereocenters. The number of aryl methyl sites for hydroxylation is 1. The van der Waals surface area contributed by atoms with Crippen LogP contribution in [0.2, 0.25) is 0 Å². The number of pyridine rings is 1. The second-order valence-corrected chi connectivity index (χ2v) is 6.30. The van der Waals surface area contributed by atoms with Crippen molar-refractivity contribution >= 4 is 0 Å². The molecular weight excluding hydrogens is 242 g/mol. The van der Waals surface area contributed by atoms with Gasteiger partial charge in [-0.25, -0.2) is 0 Å². The zero-order valence-electron chi connectivity index (χ0n) is 12.5. The van der Waals surface area contributed by atoms with Gasteiger partial charge in [0, 0.05) is 11.8 Å². The summed E-state index contributed by atoms with van der Waals surface area (Å²) in [7, 11) is 0. The lowest BCUT2D eigenvalue weighted by Crippen LogP contribution is -2.10. The van der Waals surface area contributed by atoms with Gasteiger partial charge in [0.2, 0.25) is 0 Å². The highest BCUT2D eigenvalue weighted by Gasteiger charge is 2.19. The molecule has 1 aliphatic carbocycles. The molecule has 0 N–H and O–H groups in total. The molecule has 0 spiro atoms. The summed E-state index contributed by atoms with van der Waals surface area (Å²) < 4.78 is 0. The number of hydrogen-bond donors (Lipinski definition) is 0. The van der Waals surface area contributed by atoms with Gasteiger partial charge in [-0.15, -0.1) is 0 Å². The van der Waals surface area contributed by atoms with Crippen molar-refractivity contribution in [2.45, 2.75) is 45.4 Å². The number of benzene rings is 1. The van der Waals surface area contributed by atoms with Crippen molar-refractivity contribution in [3.8, 4) is 11.3 Å². The van der Waals surface area contributed by atoms with E-state index in [4.69, 9.17) is 0 Å². The fraction of sp³-hybridized carbons (Fsp3) is 0.421. The van der Waals surface area contributed by atoms with Crippen molar-refractivity contribution < 1.29 is 0 Å². The molecule has 2 aromatic rings. The Labute approximate surface area is 122 Å². The molecule has 104 valence electrons. The molecular formula is C19H23N. The lowest BCUT2D eigenvalue weighted by molar-refractivity contribution is 0.348. The van der Waals surface area contributed by atoms with Crippen LogP contribution in [0, 0.1) is 12.8 Å². The van der Waals surface area contributed by atoms with E-state index in [1.54, 1.807) is 0 Å². The van der Waals surface area contributed by atoms with Crippen molar-refractivity contribution in [1.82, 2.24) is 4.98 Å². The van der Waals surface area contributed by atoms with E-state index in [1.807, 2.05) is 6.20 Å². The topological polar surface area (TPSA) is 12.9 Å². The molecule has 1 aliphatic rings. The first-order valence-electron chi connectivity index (χ1n) is 7.75. The van der Waals surface area contributed by atoms with Crippen LogP contribution in [0.5, 0.6) is 0 Å². The average molecular weight is 265 g/mol. The molecule has 1 fully saturated rings. The first-order chi connectivity index (χ1) is 9.72. The Kier molecular flexibility index (Phi) is 3.86. The van der Waals surface area contributed by atoms with E-state index in [0.29, 0.717) is 0 Å². The minimum Gasteiger partial charge on any atom is -0.256 e. The molecule has 1 nitrogen and oxygen atoms in total. The second kappa shape index (κ2) is 5.78. The molecule has 1 heterocycles. The molecule has 0 saturated heterocycles. The van der Waals surface area contributed by atoms with Crippen LogP contribution in [0.25, 0.3) is 11.3 Å². The van der Waals surface area contributed by atoms with Crippen LogP contribution in [0.15, 0.2) is 42.6 Å². The van der Waals surface area contributed by atoms with Crippen molar-refractivity contribution in [2.24, 2.45) is 5.92 Å². The van der Waals surface area contributed by atoms with Crippen LogP contribution in [0.1, 0.15) is 49.7 Å². The fourth-order valence-electron chi connectivity index (χ4n) is 3.16. The molecule has 20 heavy (non-hydrogen) atoms. The predicted octanol–water partition coefficient (Wildman–Crippen LogP) is 5.35. The van der Waals surface area contributed by atoms with Crippen LogP contribution in [-0.4, -0.2) is 4.98 Å². The molecule has 0 bridgehead atoms. The lowest BCUT2D eigenvalue weighted by atomic mass is 9.79. The Morgan fingerprint density at radius 3 is 2.20 bits per heavy atom. The summed E-state index contributed by atoms with van der Waals surface area (Å²) in [6.45, 7) is 4.45. The summed E-state index contributed by atoms with van der Waals surface area (Å²) in [5.41, 5.74) is 5.01. The highest BCUT2D eigenvalue weighted by molar-refractivity contribution is 5.59. The van der Waals surface area contributed by atoms with Crippen LogP contribution < -0.4 is 0 Å². The Balaban J connectivity index is 1.76. The van der Waals surface area contributed by atoms with Gasteiger partial charge in [0.05, 0.1) is 5.69 Å². The number of hydrogen-bond acceptors (Lipinski definition) is 1. The zero-order valence-corrected chi connectivity index (χ0v) is 12.5. The minimum absolute atomic E-state index is 0.770. The molecule has 1 saturated carbocycles. The molecule has 1 aromatic heterocycles. The third kappa shape index (κ3) is 2.92. The van der Waals surface area contributed by atoms with Crippen molar-refractivity contribution in [3.63, 3.8) is 0 Å². The number of aromatic nitrogens is 1. The predicted molar refractivity (Wildman–Crippen MR) is 84.8 cm³/mol. The first-order valence-corrected chi connectivity index (χ1v) is 7.75. The van der Waals surface area contributed by atoms with Crippen LogP contribution in [0.3, 0.4) is 0 Å². The van der Waals surface area contributed by atoms with Gasteiger partial charge in [0.15, 0.2) is 0 Å². The monoisotopic (exact) mass is 265 g/mol. The Hall–Kier alpha value is -1.63. The maximum atomic E-state index is 4.50. The summed E-state index contributed by atoms with van der Waals surface area (Å²) in [6, 6.07) is 13.3. The van der Waals surface area contributed by atoms with Crippen LogP contribution in [0.4, 0.5) is 0 Å². The normalized spacial score (nSPS) is 22.7. The average Bonchev–Trinajstić information content (AvgIpc) is 2.49. The quantitative estimate of drug-likeness (QED) is 0.713. The Morgan fingerprint density at radius 2 is 1.60 bits per heavy atom. The van der Waals surface area contributed by atoms with Gasteiger partial charge in [0.1, 0.15) is 0 Å². The van der Waals surface area contributed by atoms with Gasteiger partial charge in [-0.3, -0.25) is 4.98 Å². The van der Waals surface area contributed by atoms with E-state index in [9.17, 15) is 0 Å². The van der Waals surface area contributed by atoms with E-state index < -0.39 is 0 Å². The van der Waals surface area contributed by atoms with E-state index in [0.717, 1.165) is 17.5 Å². The lowest BCUT2D eigenvalue weighted by Gasteiger charge is -2.26. The van der Waals surface area contributed by atoms with E-state index >= 15 is 0 Å². The van der Waals surface area contributed by atoms with Crippen molar-refractivity contribution in [1.29, 1.82) is 0 Å². The maximum Gasteiger partial charge on any atom is 0.0702 e. The molecule has 0 aliphatic heterocycles. The summed E-state index contributed by atoms with van der Waals surface area (Å²) in [5, 5.41) is 0. The summed E-state index contributed by atoms with van der Waals surface area (Å²) in [6.07, 6.45) is 7.40. The van der Waals surface area contributed by atoms with Gasteiger partial charge >= 0.3 is 0 Å². The van der Waals surface area contributed by atoms with Gasteiger partial charge in [0.25, 0.3) is 0 Å². The SMILES string of the molecule is Cc1ccc(-c2ccc(C3CCC(C)CC3)cc2)nc1. The van der Waals surface area contributed by atoms with Gasteiger partial charge < -0.3 is 0 Å². The summed E-state index contributed by atoms with van der Waals surface area (Å²) >= 11 is 0. The third-order valence-corrected chi connectivity index (χ3v) is 4.61. The largest absolute Gasteiger partial charge is 0.256 e. The zero-order chi connectivity index (χ0) is 13.9. The van der Waals surface area contributed by atoms with Crippen molar-refractivity contribution in [2.75, 3.05) is 0 Å². The van der Waals surface area contributed by atoms with Gasteiger partial charge in [-0.2, -0.15) is 0 Å². The first kappa shape index (κ1) is 13.4. The highest BCUT2D eigenvalue weighted by atomic mass is 14.7. The smallest absolute Gasteiger partial charge is 0.0702 e. The molecule has 0 radical (unpaired) electrons. The third-order valence-electron chi connectivity index (χ3n) is 4.61. The molecule has 0 amide bonds. The minimum atomic E-state index is 0.770. The van der Waals surface area contributed by atoms with E-state index in [2.05, 4.69) is 55.2 Å². The van der Waals surface area contributed by atoms with Crippen LogP contribution >= 0.6 is 0 Å². The van der Waals surface area contributed by atoms with Gasteiger partial charge in [-0.05, 0) is 48.8 Å². The van der Waals surface area contributed by atoms with E-state index in [1.165, 1.54) is 42.4 Å². The van der Waals surface area contributed by atoms with Gasteiger partial charge in [-0.1, -0.05) is 50.1 Å². The van der Waals surface area contributed by atoms with E-state index in [-0.39, 0.29) is 0 Å². The molecule has 1 heteroatoms. The Morgan fingerprint density at radius 1 is 0.900 bits per heavy atom. The summed E-state index contributed by atoms with van der Waals surface area (Å²) in [4.78, 5) is 4.50. The standard InChI is InChI=1S/C19H23N/c1-14-3-6-16(7-4-14)17-8-10-18(11-9-17)19-12-5-15(2)13-20-19/h5,8-14,16H,3-4,6-7H2,1-2H3. The number of rotatable bonds is 2. The highest BCUT2D eigenvalue weighted by Crippen LogP contribution is 2.35. The van der Waals surface area contributed by atoms with Crippen molar-refractivity contribution in [3.05, 3.63) is 53.7 Å². The number of nitrogens with zero attached hydrogens (tertiary/aromatic N) is 1.